The molecule has 2 aromatic heterocycles. The van der Waals surface area contributed by atoms with Crippen molar-refractivity contribution in [1.29, 1.82) is 0 Å². The zero-order valence-electron chi connectivity index (χ0n) is 17.5. The number of aromatic amines is 1. The Balaban J connectivity index is 1.46. The van der Waals surface area contributed by atoms with Gasteiger partial charge in [0.1, 0.15) is 12.4 Å². The Hall–Kier alpha value is -3.68. The van der Waals surface area contributed by atoms with Gasteiger partial charge in [-0.25, -0.2) is 9.77 Å². The SMILES string of the molecule is S=c1[nH]nc(-c2ccncc2)n1NCc1c(OCc2ccc(Cl)cc2)ccc2ccccc12. The van der Waals surface area contributed by atoms with E-state index in [0.717, 1.165) is 33.2 Å². The number of halogens is 1. The molecule has 164 valence electrons. The highest BCUT2D eigenvalue weighted by Crippen LogP contribution is 2.29. The van der Waals surface area contributed by atoms with E-state index in [1.165, 1.54) is 0 Å². The molecule has 5 rings (SSSR count). The monoisotopic (exact) mass is 473 g/mol. The van der Waals surface area contributed by atoms with Gasteiger partial charge in [0.05, 0.1) is 6.54 Å². The molecule has 0 unspecified atom stereocenters. The van der Waals surface area contributed by atoms with Crippen LogP contribution in [0.2, 0.25) is 5.02 Å². The van der Waals surface area contributed by atoms with Gasteiger partial charge < -0.3 is 10.2 Å². The lowest BCUT2D eigenvalue weighted by Crippen LogP contribution is -2.17. The lowest BCUT2D eigenvalue weighted by Gasteiger charge is -2.17. The van der Waals surface area contributed by atoms with E-state index in [4.69, 9.17) is 28.6 Å². The van der Waals surface area contributed by atoms with E-state index < -0.39 is 0 Å². The summed E-state index contributed by atoms with van der Waals surface area (Å²) in [5, 5.41) is 10.2. The number of nitrogens with one attached hydrogen (secondary N) is 2. The molecule has 5 aromatic rings. The van der Waals surface area contributed by atoms with Crippen LogP contribution in [0.3, 0.4) is 0 Å². The number of rotatable bonds is 7. The second-order valence-electron chi connectivity index (χ2n) is 7.44. The third-order valence-corrected chi connectivity index (χ3v) is 5.86. The van der Waals surface area contributed by atoms with Gasteiger partial charge >= 0.3 is 0 Å². The van der Waals surface area contributed by atoms with Crippen molar-refractivity contribution in [3.8, 4) is 17.1 Å². The number of fused-ring (bicyclic) bond motifs is 1. The van der Waals surface area contributed by atoms with E-state index in [-0.39, 0.29) is 0 Å². The zero-order chi connectivity index (χ0) is 22.6. The Morgan fingerprint density at radius 1 is 0.970 bits per heavy atom. The Morgan fingerprint density at radius 2 is 1.76 bits per heavy atom. The number of pyridine rings is 1. The fraction of sp³-hybridized carbons (Fsp3) is 0.0800. The maximum atomic E-state index is 6.24. The van der Waals surface area contributed by atoms with Crippen molar-refractivity contribution in [1.82, 2.24) is 19.9 Å². The first-order valence-electron chi connectivity index (χ1n) is 10.4. The molecule has 8 heteroatoms. The van der Waals surface area contributed by atoms with Gasteiger partial charge in [0.25, 0.3) is 0 Å². The fourth-order valence-corrected chi connectivity index (χ4v) is 3.99. The molecular weight excluding hydrogens is 454 g/mol. The van der Waals surface area contributed by atoms with E-state index in [2.05, 4.69) is 38.8 Å². The molecule has 2 N–H and O–H groups in total. The maximum Gasteiger partial charge on any atom is 0.214 e. The van der Waals surface area contributed by atoms with E-state index in [9.17, 15) is 0 Å². The van der Waals surface area contributed by atoms with Gasteiger partial charge in [-0.3, -0.25) is 4.98 Å². The molecule has 0 spiro atoms. The first-order chi connectivity index (χ1) is 16.2. The van der Waals surface area contributed by atoms with Crippen LogP contribution in [0.5, 0.6) is 5.75 Å². The average molecular weight is 474 g/mol. The van der Waals surface area contributed by atoms with Gasteiger partial charge in [-0.2, -0.15) is 5.10 Å². The summed E-state index contributed by atoms with van der Waals surface area (Å²) in [4.78, 5) is 4.08. The first-order valence-corrected chi connectivity index (χ1v) is 11.2. The number of benzene rings is 3. The second kappa shape index (κ2) is 9.44. The van der Waals surface area contributed by atoms with Gasteiger partial charge in [-0.1, -0.05) is 54.1 Å². The Bertz CT molecular complexity index is 1450. The van der Waals surface area contributed by atoms with Crippen LogP contribution in [-0.4, -0.2) is 19.9 Å². The highest BCUT2D eigenvalue weighted by molar-refractivity contribution is 7.71. The summed E-state index contributed by atoms with van der Waals surface area (Å²) < 4.78 is 8.49. The molecule has 0 saturated carbocycles. The Morgan fingerprint density at radius 3 is 2.58 bits per heavy atom. The number of ether oxygens (including phenoxy) is 1. The molecule has 2 heterocycles. The molecule has 33 heavy (non-hydrogen) atoms. The first kappa shape index (κ1) is 21.2. The largest absolute Gasteiger partial charge is 0.489 e. The normalized spacial score (nSPS) is 10.9. The summed E-state index contributed by atoms with van der Waals surface area (Å²) in [5.41, 5.74) is 6.40. The lowest BCUT2D eigenvalue weighted by molar-refractivity contribution is 0.303. The van der Waals surface area contributed by atoms with Crippen LogP contribution in [0.15, 0.2) is 85.2 Å². The zero-order valence-corrected chi connectivity index (χ0v) is 19.1. The smallest absolute Gasteiger partial charge is 0.214 e. The molecule has 0 radical (unpaired) electrons. The van der Waals surface area contributed by atoms with Gasteiger partial charge in [-0.05, 0) is 58.9 Å². The second-order valence-corrected chi connectivity index (χ2v) is 8.26. The number of hydrogen-bond donors (Lipinski definition) is 2. The van der Waals surface area contributed by atoms with Crippen molar-refractivity contribution in [2.24, 2.45) is 0 Å². The van der Waals surface area contributed by atoms with Crippen molar-refractivity contribution in [2.45, 2.75) is 13.2 Å². The van der Waals surface area contributed by atoms with E-state index in [1.807, 2.05) is 54.6 Å². The predicted octanol–water partition coefficient (Wildman–Crippen LogP) is 6.13. The molecule has 0 atom stereocenters. The average Bonchev–Trinajstić information content (AvgIpc) is 3.23. The molecule has 0 saturated heterocycles. The predicted molar refractivity (Wildman–Crippen MR) is 133 cm³/mol. The standard InChI is InChI=1S/C25H20ClN5OS/c26-20-8-5-17(6-9-20)16-32-23-10-7-18-3-1-2-4-21(18)22(23)15-28-31-24(29-30-25(31)33)19-11-13-27-14-12-19/h1-14,28H,15-16H2,(H,30,33). The number of hydrogen-bond acceptors (Lipinski definition) is 5. The highest BCUT2D eigenvalue weighted by Gasteiger charge is 2.13. The van der Waals surface area contributed by atoms with Crippen molar-refractivity contribution >= 4 is 34.6 Å². The van der Waals surface area contributed by atoms with Crippen LogP contribution < -0.4 is 10.2 Å². The Labute approximate surface area is 200 Å². The molecule has 6 nitrogen and oxygen atoms in total. The van der Waals surface area contributed by atoms with E-state index >= 15 is 0 Å². The maximum absolute atomic E-state index is 6.24. The van der Waals surface area contributed by atoms with Crippen molar-refractivity contribution < 1.29 is 4.74 Å². The van der Waals surface area contributed by atoms with E-state index in [0.29, 0.717) is 28.8 Å². The minimum Gasteiger partial charge on any atom is -0.489 e. The number of H-pyrrole nitrogens is 1. The Kier molecular flexibility index (Phi) is 6.06. The third-order valence-electron chi connectivity index (χ3n) is 5.33. The molecule has 0 fully saturated rings. The van der Waals surface area contributed by atoms with Crippen LogP contribution in [0.1, 0.15) is 11.1 Å². The lowest BCUT2D eigenvalue weighted by atomic mass is 10.0. The molecule has 0 amide bonds. The summed E-state index contributed by atoms with van der Waals surface area (Å²) in [7, 11) is 0. The van der Waals surface area contributed by atoms with Crippen molar-refractivity contribution in [3.05, 3.63) is 106 Å². The molecule has 0 bridgehead atoms. The van der Waals surface area contributed by atoms with Gasteiger partial charge in [0.15, 0.2) is 5.82 Å². The summed E-state index contributed by atoms with van der Waals surface area (Å²) in [6.45, 7) is 0.930. The number of aromatic nitrogens is 4. The summed E-state index contributed by atoms with van der Waals surface area (Å²) >= 11 is 11.5. The van der Waals surface area contributed by atoms with Crippen LogP contribution in [0.25, 0.3) is 22.2 Å². The van der Waals surface area contributed by atoms with Crippen LogP contribution in [0.4, 0.5) is 0 Å². The van der Waals surface area contributed by atoms with Gasteiger partial charge in [-0.15, -0.1) is 0 Å². The van der Waals surface area contributed by atoms with Crippen LogP contribution in [-0.2, 0) is 13.2 Å². The van der Waals surface area contributed by atoms with Crippen molar-refractivity contribution in [3.63, 3.8) is 0 Å². The van der Waals surface area contributed by atoms with Gasteiger partial charge in [0, 0.05) is 28.5 Å². The highest BCUT2D eigenvalue weighted by atomic mass is 35.5. The molecule has 0 aliphatic rings. The third kappa shape index (κ3) is 4.60. The minimum absolute atomic E-state index is 0.440. The van der Waals surface area contributed by atoms with E-state index in [1.54, 1.807) is 17.1 Å². The van der Waals surface area contributed by atoms with Crippen LogP contribution >= 0.6 is 23.8 Å². The molecular formula is C25H20ClN5OS. The molecule has 3 aromatic carbocycles. The number of nitrogens with zero attached hydrogens (tertiary/aromatic N) is 3. The topological polar surface area (TPSA) is 67.8 Å². The quantitative estimate of drug-likeness (QED) is 0.278. The van der Waals surface area contributed by atoms with Gasteiger partial charge in [0.2, 0.25) is 4.77 Å². The van der Waals surface area contributed by atoms with Crippen molar-refractivity contribution in [2.75, 3.05) is 5.43 Å². The minimum atomic E-state index is 0.440. The van der Waals surface area contributed by atoms with Crippen LogP contribution in [0, 0.1) is 4.77 Å². The fourth-order valence-electron chi connectivity index (χ4n) is 3.67. The summed E-state index contributed by atoms with van der Waals surface area (Å²) in [5.74, 6) is 1.49. The summed E-state index contributed by atoms with van der Waals surface area (Å²) in [6.07, 6.45) is 3.45. The molecule has 0 aliphatic heterocycles. The molecule has 0 aliphatic carbocycles. The summed E-state index contributed by atoms with van der Waals surface area (Å²) in [6, 6.07) is 23.8.